The Morgan fingerprint density at radius 2 is 2.08 bits per heavy atom. The predicted octanol–water partition coefficient (Wildman–Crippen LogP) is 0.419. The first-order chi connectivity index (χ1) is 12.1. The number of methoxy groups -OCH3 is 1. The fourth-order valence-electron chi connectivity index (χ4n) is 3.32. The van der Waals surface area contributed by atoms with Gasteiger partial charge in [0.1, 0.15) is 17.9 Å². The van der Waals surface area contributed by atoms with Crippen molar-refractivity contribution in [3.05, 3.63) is 29.8 Å². The maximum absolute atomic E-state index is 12.5. The van der Waals surface area contributed by atoms with Crippen molar-refractivity contribution in [3.63, 3.8) is 0 Å². The second kappa shape index (κ2) is 7.84. The molecule has 2 heterocycles. The molecule has 0 radical (unpaired) electrons. The van der Waals surface area contributed by atoms with Crippen LogP contribution in [0.2, 0.25) is 0 Å². The van der Waals surface area contributed by atoms with Crippen molar-refractivity contribution < 1.29 is 19.1 Å². The normalized spacial score (nSPS) is 26.1. The summed E-state index contributed by atoms with van der Waals surface area (Å²) in [5, 5.41) is 2.83. The van der Waals surface area contributed by atoms with Crippen LogP contribution in [0.1, 0.15) is 24.8 Å². The van der Waals surface area contributed by atoms with Gasteiger partial charge in [0.05, 0.1) is 13.2 Å². The van der Waals surface area contributed by atoms with Crippen molar-refractivity contribution >= 4 is 11.8 Å². The molecule has 1 aromatic rings. The van der Waals surface area contributed by atoms with E-state index in [1.807, 2.05) is 24.3 Å². The Labute approximate surface area is 147 Å². The molecule has 0 spiro atoms. The van der Waals surface area contributed by atoms with Crippen LogP contribution in [0.25, 0.3) is 0 Å². The van der Waals surface area contributed by atoms with Crippen LogP contribution in [0.5, 0.6) is 5.75 Å². The standard InChI is InChI=1S/C18H25N3O4/c1-24-13-4-2-12(3-5-13)11-21-9-8-15(18(21)23)20-17(22)16-7-6-14(10-19)25-16/h2-5,14-16H,6-11,19H2,1H3,(H,20,22)/t14-,15?,16+/m1/s1. The van der Waals surface area contributed by atoms with Gasteiger partial charge in [-0.3, -0.25) is 9.59 Å². The maximum Gasteiger partial charge on any atom is 0.249 e. The molecule has 0 aromatic heterocycles. The summed E-state index contributed by atoms with van der Waals surface area (Å²) in [4.78, 5) is 26.6. The van der Waals surface area contributed by atoms with Crippen molar-refractivity contribution in [1.29, 1.82) is 0 Å². The fraction of sp³-hybridized carbons (Fsp3) is 0.556. The van der Waals surface area contributed by atoms with E-state index in [1.165, 1.54) is 0 Å². The van der Waals surface area contributed by atoms with Crippen LogP contribution in [0.4, 0.5) is 0 Å². The molecule has 1 aromatic carbocycles. The first-order valence-corrected chi connectivity index (χ1v) is 8.68. The largest absolute Gasteiger partial charge is 0.497 e. The summed E-state index contributed by atoms with van der Waals surface area (Å²) in [7, 11) is 1.62. The third kappa shape index (κ3) is 4.11. The Balaban J connectivity index is 1.52. The van der Waals surface area contributed by atoms with Gasteiger partial charge < -0.3 is 25.4 Å². The summed E-state index contributed by atoms with van der Waals surface area (Å²) in [6, 6.07) is 7.17. The van der Waals surface area contributed by atoms with E-state index in [4.69, 9.17) is 15.2 Å². The lowest BCUT2D eigenvalue weighted by molar-refractivity contribution is -0.137. The second-order valence-corrected chi connectivity index (χ2v) is 6.52. The van der Waals surface area contributed by atoms with Crippen LogP contribution in [0, 0.1) is 0 Å². The summed E-state index contributed by atoms with van der Waals surface area (Å²) < 4.78 is 10.7. The molecule has 0 saturated carbocycles. The molecule has 3 N–H and O–H groups in total. The van der Waals surface area contributed by atoms with Gasteiger partial charge in [-0.2, -0.15) is 0 Å². The van der Waals surface area contributed by atoms with E-state index in [9.17, 15) is 9.59 Å². The Morgan fingerprint density at radius 1 is 1.32 bits per heavy atom. The van der Waals surface area contributed by atoms with E-state index < -0.39 is 12.1 Å². The summed E-state index contributed by atoms with van der Waals surface area (Å²) >= 11 is 0. The minimum atomic E-state index is -0.489. The van der Waals surface area contributed by atoms with E-state index in [2.05, 4.69) is 5.32 Å². The molecule has 7 heteroatoms. The number of nitrogens with one attached hydrogen (secondary N) is 1. The number of rotatable bonds is 6. The molecule has 1 unspecified atom stereocenters. The number of nitrogens with two attached hydrogens (primary N) is 1. The molecule has 3 rings (SSSR count). The van der Waals surface area contributed by atoms with Gasteiger partial charge in [0, 0.05) is 19.6 Å². The van der Waals surface area contributed by atoms with Gasteiger partial charge in [0.2, 0.25) is 11.8 Å². The number of nitrogens with zero attached hydrogens (tertiary/aromatic N) is 1. The van der Waals surface area contributed by atoms with Crippen LogP contribution in [0.3, 0.4) is 0 Å². The van der Waals surface area contributed by atoms with Crippen LogP contribution in [-0.2, 0) is 20.9 Å². The third-order valence-electron chi connectivity index (χ3n) is 4.81. The summed E-state index contributed by atoms with van der Waals surface area (Å²) in [5.74, 6) is 0.534. The van der Waals surface area contributed by atoms with E-state index >= 15 is 0 Å². The van der Waals surface area contributed by atoms with Gasteiger partial charge in [0.25, 0.3) is 0 Å². The first-order valence-electron chi connectivity index (χ1n) is 8.68. The number of ether oxygens (including phenoxy) is 2. The van der Waals surface area contributed by atoms with Crippen molar-refractivity contribution in [3.8, 4) is 5.75 Å². The molecule has 2 fully saturated rings. The minimum Gasteiger partial charge on any atom is -0.497 e. The molecule has 7 nitrogen and oxygen atoms in total. The molecular weight excluding hydrogens is 322 g/mol. The van der Waals surface area contributed by atoms with Crippen molar-refractivity contribution in [2.24, 2.45) is 5.73 Å². The maximum atomic E-state index is 12.5. The van der Waals surface area contributed by atoms with Gasteiger partial charge in [-0.25, -0.2) is 0 Å². The number of carbonyl (C=O) groups excluding carboxylic acids is 2. The quantitative estimate of drug-likeness (QED) is 0.778. The minimum absolute atomic E-state index is 0.0439. The van der Waals surface area contributed by atoms with Gasteiger partial charge >= 0.3 is 0 Å². The van der Waals surface area contributed by atoms with Gasteiger partial charge in [-0.05, 0) is 37.0 Å². The number of carbonyl (C=O) groups is 2. The molecule has 2 amide bonds. The van der Waals surface area contributed by atoms with E-state index in [1.54, 1.807) is 12.0 Å². The zero-order valence-electron chi connectivity index (χ0n) is 14.4. The Bertz CT molecular complexity index is 619. The zero-order valence-corrected chi connectivity index (χ0v) is 14.4. The number of hydrogen-bond donors (Lipinski definition) is 2. The van der Waals surface area contributed by atoms with E-state index in [0.29, 0.717) is 32.5 Å². The Morgan fingerprint density at radius 3 is 2.72 bits per heavy atom. The Hall–Kier alpha value is -2.12. The SMILES string of the molecule is COc1ccc(CN2CCC(NC(=O)[C@@H]3CC[C@H](CN)O3)C2=O)cc1. The number of likely N-dealkylation sites (tertiary alicyclic amines) is 1. The second-order valence-electron chi connectivity index (χ2n) is 6.52. The highest BCUT2D eigenvalue weighted by molar-refractivity contribution is 5.90. The van der Waals surface area contributed by atoms with Crippen molar-refractivity contribution in [2.75, 3.05) is 20.2 Å². The number of amides is 2. The summed E-state index contributed by atoms with van der Waals surface area (Å²) in [5.41, 5.74) is 6.60. The lowest BCUT2D eigenvalue weighted by Crippen LogP contribution is -2.45. The topological polar surface area (TPSA) is 93.9 Å². The zero-order chi connectivity index (χ0) is 17.8. The smallest absolute Gasteiger partial charge is 0.249 e. The van der Waals surface area contributed by atoms with Crippen molar-refractivity contribution in [2.45, 2.75) is 44.1 Å². The molecule has 0 bridgehead atoms. The van der Waals surface area contributed by atoms with Crippen LogP contribution in [-0.4, -0.2) is 55.2 Å². The molecular formula is C18H25N3O4. The fourth-order valence-corrected chi connectivity index (χ4v) is 3.32. The molecule has 25 heavy (non-hydrogen) atoms. The van der Waals surface area contributed by atoms with Crippen LogP contribution in [0.15, 0.2) is 24.3 Å². The third-order valence-corrected chi connectivity index (χ3v) is 4.81. The highest BCUT2D eigenvalue weighted by atomic mass is 16.5. The number of hydrogen-bond acceptors (Lipinski definition) is 5. The van der Waals surface area contributed by atoms with E-state index in [0.717, 1.165) is 17.7 Å². The first kappa shape index (κ1) is 17.7. The van der Waals surface area contributed by atoms with Gasteiger partial charge in [0.15, 0.2) is 0 Å². The molecule has 3 atom stereocenters. The molecule has 2 saturated heterocycles. The molecule has 0 aliphatic carbocycles. The monoisotopic (exact) mass is 347 g/mol. The highest BCUT2D eigenvalue weighted by Gasteiger charge is 2.36. The molecule has 2 aliphatic rings. The molecule has 136 valence electrons. The Kier molecular flexibility index (Phi) is 5.55. The van der Waals surface area contributed by atoms with E-state index in [-0.39, 0.29) is 17.9 Å². The predicted molar refractivity (Wildman–Crippen MR) is 91.9 cm³/mol. The lowest BCUT2D eigenvalue weighted by Gasteiger charge is -2.19. The summed E-state index contributed by atoms with van der Waals surface area (Å²) in [6.07, 6.45) is 1.52. The van der Waals surface area contributed by atoms with Gasteiger partial charge in [-0.1, -0.05) is 12.1 Å². The lowest BCUT2D eigenvalue weighted by atomic mass is 10.1. The highest BCUT2D eigenvalue weighted by Crippen LogP contribution is 2.21. The molecule has 2 aliphatic heterocycles. The van der Waals surface area contributed by atoms with Crippen molar-refractivity contribution in [1.82, 2.24) is 10.2 Å². The van der Waals surface area contributed by atoms with Crippen LogP contribution < -0.4 is 15.8 Å². The average molecular weight is 347 g/mol. The van der Waals surface area contributed by atoms with Gasteiger partial charge in [-0.15, -0.1) is 0 Å². The average Bonchev–Trinajstić information content (AvgIpc) is 3.24. The van der Waals surface area contributed by atoms with Crippen LogP contribution >= 0.6 is 0 Å². The number of benzene rings is 1. The summed E-state index contributed by atoms with van der Waals surface area (Å²) in [6.45, 7) is 1.58.